The lowest BCUT2D eigenvalue weighted by atomic mass is 10.0. The summed E-state index contributed by atoms with van der Waals surface area (Å²) in [7, 11) is 0. The van der Waals surface area contributed by atoms with Crippen LogP contribution in [0.5, 0.6) is 5.75 Å². The van der Waals surface area contributed by atoms with Gasteiger partial charge in [-0.15, -0.1) is 0 Å². The monoisotopic (exact) mass is 247 g/mol. The normalized spacial score (nSPS) is 30.8. The van der Waals surface area contributed by atoms with E-state index < -0.39 is 0 Å². The maximum atomic E-state index is 6.02. The molecule has 0 aliphatic carbocycles. The lowest BCUT2D eigenvalue weighted by molar-refractivity contribution is -0.0214. The van der Waals surface area contributed by atoms with Gasteiger partial charge in [0.25, 0.3) is 0 Å². The molecule has 0 aromatic heterocycles. The average molecular weight is 247 g/mol. The number of rotatable bonds is 3. The second-order valence-corrected chi connectivity index (χ2v) is 5.31. The van der Waals surface area contributed by atoms with Gasteiger partial charge in [0.1, 0.15) is 11.9 Å². The molecule has 18 heavy (non-hydrogen) atoms. The highest BCUT2D eigenvalue weighted by Gasteiger charge is 2.26. The Hall–Kier alpha value is -1.06. The third-order valence-corrected chi connectivity index (χ3v) is 3.90. The molecule has 3 heteroatoms. The van der Waals surface area contributed by atoms with Crippen LogP contribution in [0.15, 0.2) is 24.3 Å². The quantitative estimate of drug-likeness (QED) is 0.887. The Morgan fingerprint density at radius 2 is 2.28 bits per heavy atom. The number of hydrogen-bond donors (Lipinski definition) is 1. The van der Waals surface area contributed by atoms with Crippen molar-refractivity contribution in [1.29, 1.82) is 0 Å². The van der Waals surface area contributed by atoms with Crippen LogP contribution < -0.4 is 10.1 Å². The van der Waals surface area contributed by atoms with E-state index >= 15 is 0 Å². The minimum Gasteiger partial charge on any atom is -0.487 e. The minimum atomic E-state index is 0.191. The Kier molecular flexibility index (Phi) is 3.52. The summed E-state index contributed by atoms with van der Waals surface area (Å²) in [6, 6.07) is 8.73. The highest BCUT2D eigenvalue weighted by Crippen LogP contribution is 2.28. The number of benzene rings is 1. The molecule has 0 saturated carbocycles. The van der Waals surface area contributed by atoms with Crippen LogP contribution in [-0.4, -0.2) is 31.4 Å². The van der Waals surface area contributed by atoms with Gasteiger partial charge in [0.2, 0.25) is 0 Å². The molecular formula is C15H21NO2. The van der Waals surface area contributed by atoms with Gasteiger partial charge in [-0.2, -0.15) is 0 Å². The molecule has 3 atom stereocenters. The first-order chi connectivity index (χ1) is 8.83. The van der Waals surface area contributed by atoms with E-state index in [2.05, 4.69) is 24.4 Å². The van der Waals surface area contributed by atoms with Crippen molar-refractivity contribution in [2.45, 2.75) is 44.4 Å². The summed E-state index contributed by atoms with van der Waals surface area (Å²) in [5, 5.41) is 3.46. The van der Waals surface area contributed by atoms with Crippen LogP contribution >= 0.6 is 0 Å². The molecule has 3 unspecified atom stereocenters. The fraction of sp³-hybridized carbons (Fsp3) is 0.600. The van der Waals surface area contributed by atoms with Crippen molar-refractivity contribution in [1.82, 2.24) is 5.32 Å². The molecule has 0 bridgehead atoms. The summed E-state index contributed by atoms with van der Waals surface area (Å²) < 4.78 is 11.9. The first-order valence-electron chi connectivity index (χ1n) is 6.92. The third kappa shape index (κ3) is 2.52. The van der Waals surface area contributed by atoms with E-state index in [1.807, 2.05) is 12.1 Å². The highest BCUT2D eigenvalue weighted by molar-refractivity contribution is 5.37. The van der Waals surface area contributed by atoms with E-state index in [9.17, 15) is 0 Å². The van der Waals surface area contributed by atoms with E-state index in [4.69, 9.17) is 9.47 Å². The number of piperidine rings is 1. The second-order valence-electron chi connectivity index (χ2n) is 5.31. The number of nitrogens with one attached hydrogen (secondary N) is 1. The van der Waals surface area contributed by atoms with Gasteiger partial charge in [-0.3, -0.25) is 0 Å². The molecule has 2 heterocycles. The van der Waals surface area contributed by atoms with Crippen molar-refractivity contribution in [3.8, 4) is 5.75 Å². The van der Waals surface area contributed by atoms with Gasteiger partial charge >= 0.3 is 0 Å². The van der Waals surface area contributed by atoms with E-state index in [1.165, 1.54) is 12.0 Å². The van der Waals surface area contributed by atoms with Gasteiger partial charge in [0, 0.05) is 12.5 Å². The molecule has 2 aliphatic heterocycles. The predicted molar refractivity (Wildman–Crippen MR) is 71.0 cm³/mol. The standard InChI is InChI=1S/C15H21NO2/c1-11-14(7-4-8-16-11)17-10-13-9-12-5-2-3-6-15(12)18-13/h2-3,5-6,11,13-14,16H,4,7-10H2,1H3. The lowest BCUT2D eigenvalue weighted by Gasteiger charge is -2.30. The van der Waals surface area contributed by atoms with Crippen LogP contribution in [-0.2, 0) is 11.2 Å². The van der Waals surface area contributed by atoms with Gasteiger partial charge in [0.15, 0.2) is 0 Å². The maximum absolute atomic E-state index is 6.02. The molecule has 98 valence electrons. The van der Waals surface area contributed by atoms with Crippen molar-refractivity contribution < 1.29 is 9.47 Å². The first kappa shape index (κ1) is 12.0. The van der Waals surface area contributed by atoms with Crippen molar-refractivity contribution >= 4 is 0 Å². The molecule has 0 amide bonds. The molecule has 0 radical (unpaired) electrons. The largest absolute Gasteiger partial charge is 0.487 e. The summed E-state index contributed by atoms with van der Waals surface area (Å²) in [4.78, 5) is 0. The van der Waals surface area contributed by atoms with E-state index in [0.717, 1.165) is 25.1 Å². The number of fused-ring (bicyclic) bond motifs is 1. The Morgan fingerprint density at radius 1 is 1.39 bits per heavy atom. The summed E-state index contributed by atoms with van der Waals surface area (Å²) in [5.74, 6) is 1.03. The van der Waals surface area contributed by atoms with Gasteiger partial charge in [-0.05, 0) is 37.9 Å². The van der Waals surface area contributed by atoms with Crippen LogP contribution in [0.25, 0.3) is 0 Å². The zero-order chi connectivity index (χ0) is 12.4. The summed E-state index contributed by atoms with van der Waals surface area (Å²) in [5.41, 5.74) is 1.31. The van der Waals surface area contributed by atoms with E-state index in [1.54, 1.807) is 0 Å². The molecule has 0 spiro atoms. The predicted octanol–water partition coefficient (Wildman–Crippen LogP) is 2.15. The SMILES string of the molecule is CC1NCCCC1OCC1Cc2ccccc2O1. The van der Waals surface area contributed by atoms with Crippen molar-refractivity contribution in [2.75, 3.05) is 13.2 Å². The molecule has 1 fully saturated rings. The molecule has 2 aliphatic rings. The number of ether oxygens (including phenoxy) is 2. The summed E-state index contributed by atoms with van der Waals surface area (Å²) in [6.45, 7) is 4.02. The molecule has 1 aromatic carbocycles. The first-order valence-corrected chi connectivity index (χ1v) is 6.92. The maximum Gasteiger partial charge on any atom is 0.126 e. The molecule has 1 N–H and O–H groups in total. The Balaban J connectivity index is 1.51. The van der Waals surface area contributed by atoms with Crippen LogP contribution in [0.1, 0.15) is 25.3 Å². The molecular weight excluding hydrogens is 226 g/mol. The van der Waals surface area contributed by atoms with Gasteiger partial charge in [-0.1, -0.05) is 18.2 Å². The smallest absolute Gasteiger partial charge is 0.126 e. The van der Waals surface area contributed by atoms with Gasteiger partial charge in [-0.25, -0.2) is 0 Å². The van der Waals surface area contributed by atoms with Crippen LogP contribution in [0, 0.1) is 0 Å². The van der Waals surface area contributed by atoms with Crippen molar-refractivity contribution in [3.63, 3.8) is 0 Å². The van der Waals surface area contributed by atoms with Crippen LogP contribution in [0.3, 0.4) is 0 Å². The van der Waals surface area contributed by atoms with Gasteiger partial charge in [0.05, 0.1) is 12.7 Å². The van der Waals surface area contributed by atoms with Crippen molar-refractivity contribution in [2.24, 2.45) is 0 Å². The Morgan fingerprint density at radius 3 is 3.11 bits per heavy atom. The summed E-state index contributed by atoms with van der Waals surface area (Å²) >= 11 is 0. The summed E-state index contributed by atoms with van der Waals surface area (Å²) in [6.07, 6.45) is 3.88. The number of hydrogen-bond acceptors (Lipinski definition) is 3. The van der Waals surface area contributed by atoms with Crippen LogP contribution in [0.2, 0.25) is 0 Å². The zero-order valence-electron chi connectivity index (χ0n) is 10.9. The van der Waals surface area contributed by atoms with Gasteiger partial charge < -0.3 is 14.8 Å². The molecule has 3 rings (SSSR count). The van der Waals surface area contributed by atoms with E-state index in [0.29, 0.717) is 18.8 Å². The number of para-hydroxylation sites is 1. The topological polar surface area (TPSA) is 30.5 Å². The average Bonchev–Trinajstić information content (AvgIpc) is 2.80. The Labute approximate surface area is 108 Å². The Bertz CT molecular complexity index is 382. The molecule has 1 saturated heterocycles. The molecule has 3 nitrogen and oxygen atoms in total. The third-order valence-electron chi connectivity index (χ3n) is 3.90. The highest BCUT2D eigenvalue weighted by atomic mass is 16.5. The van der Waals surface area contributed by atoms with Crippen LogP contribution in [0.4, 0.5) is 0 Å². The fourth-order valence-corrected chi connectivity index (χ4v) is 2.82. The van der Waals surface area contributed by atoms with E-state index in [-0.39, 0.29) is 6.10 Å². The minimum absolute atomic E-state index is 0.191. The van der Waals surface area contributed by atoms with Crippen molar-refractivity contribution in [3.05, 3.63) is 29.8 Å². The molecule has 1 aromatic rings. The second kappa shape index (κ2) is 5.29. The lowest BCUT2D eigenvalue weighted by Crippen LogP contribution is -2.45. The zero-order valence-corrected chi connectivity index (χ0v) is 10.9. The fourth-order valence-electron chi connectivity index (χ4n) is 2.82.